The normalized spacial score (nSPS) is 15.0. The van der Waals surface area contributed by atoms with Crippen molar-refractivity contribution < 1.29 is 9.53 Å². The van der Waals surface area contributed by atoms with Gasteiger partial charge in [-0.25, -0.2) is 9.36 Å². The fourth-order valence-corrected chi connectivity index (χ4v) is 3.08. The molecule has 0 amide bonds. The van der Waals surface area contributed by atoms with Gasteiger partial charge in [0.2, 0.25) is 0 Å². The zero-order chi connectivity index (χ0) is 15.2. The van der Waals surface area contributed by atoms with Crippen molar-refractivity contribution in [1.82, 2.24) is 4.57 Å². The summed E-state index contributed by atoms with van der Waals surface area (Å²) in [6, 6.07) is 5.74. The summed E-state index contributed by atoms with van der Waals surface area (Å²) in [5, 5.41) is 1.09. The molecule has 0 atom stereocenters. The number of hydrogen-bond acceptors (Lipinski definition) is 3. The van der Waals surface area contributed by atoms with Gasteiger partial charge in [0.25, 0.3) is 0 Å². The van der Waals surface area contributed by atoms with E-state index in [0.29, 0.717) is 0 Å². The molecule has 21 heavy (non-hydrogen) atoms. The Labute approximate surface area is 124 Å². The van der Waals surface area contributed by atoms with Gasteiger partial charge in [-0.1, -0.05) is 0 Å². The quantitative estimate of drug-likeness (QED) is 0.748. The lowest BCUT2D eigenvalue weighted by Gasteiger charge is -2.22. The predicted molar refractivity (Wildman–Crippen MR) is 84.6 cm³/mol. The standard InChI is InChI=1S/C17H22N2O2/c1-17(2,3)21-16(20)19-14-7-5-4-6-12(14)13-10-11(18)8-9-15(13)19/h8-10H,4-7,18H2,1-3H3. The van der Waals surface area contributed by atoms with Crippen molar-refractivity contribution in [1.29, 1.82) is 0 Å². The highest BCUT2D eigenvalue weighted by Gasteiger charge is 2.26. The van der Waals surface area contributed by atoms with Gasteiger partial charge in [0.15, 0.2) is 0 Å². The van der Waals surface area contributed by atoms with Crippen LogP contribution in [0, 0.1) is 0 Å². The number of aryl methyl sites for hydroxylation is 1. The molecule has 1 aliphatic rings. The van der Waals surface area contributed by atoms with Crippen LogP contribution in [-0.4, -0.2) is 16.3 Å². The second-order valence-electron chi connectivity index (χ2n) is 6.72. The molecule has 112 valence electrons. The van der Waals surface area contributed by atoms with Gasteiger partial charge < -0.3 is 10.5 Å². The van der Waals surface area contributed by atoms with Crippen LogP contribution in [0.4, 0.5) is 10.5 Å². The summed E-state index contributed by atoms with van der Waals surface area (Å²) in [4.78, 5) is 12.6. The smallest absolute Gasteiger partial charge is 0.419 e. The summed E-state index contributed by atoms with van der Waals surface area (Å²) in [6.45, 7) is 5.67. The van der Waals surface area contributed by atoms with E-state index in [-0.39, 0.29) is 6.09 Å². The zero-order valence-electron chi connectivity index (χ0n) is 12.9. The summed E-state index contributed by atoms with van der Waals surface area (Å²) < 4.78 is 7.32. The van der Waals surface area contributed by atoms with E-state index >= 15 is 0 Å². The number of hydrogen-bond donors (Lipinski definition) is 1. The first-order chi connectivity index (χ1) is 9.87. The third-order valence-corrected chi connectivity index (χ3v) is 3.87. The van der Waals surface area contributed by atoms with Gasteiger partial charge in [-0.2, -0.15) is 0 Å². The number of ether oxygens (including phenoxy) is 1. The third-order valence-electron chi connectivity index (χ3n) is 3.87. The minimum atomic E-state index is -0.497. The molecule has 0 spiro atoms. The van der Waals surface area contributed by atoms with Gasteiger partial charge in [0.1, 0.15) is 5.60 Å². The predicted octanol–water partition coefficient (Wildman–Crippen LogP) is 3.89. The molecule has 0 saturated heterocycles. The van der Waals surface area contributed by atoms with E-state index in [9.17, 15) is 4.79 Å². The van der Waals surface area contributed by atoms with E-state index in [2.05, 4.69) is 0 Å². The molecule has 4 heteroatoms. The maximum absolute atomic E-state index is 12.6. The van der Waals surface area contributed by atoms with E-state index in [1.807, 2.05) is 39.0 Å². The number of aromatic nitrogens is 1. The van der Waals surface area contributed by atoms with Crippen molar-refractivity contribution >= 4 is 22.7 Å². The van der Waals surface area contributed by atoms with Crippen LogP contribution in [-0.2, 0) is 17.6 Å². The molecule has 0 aliphatic heterocycles. The van der Waals surface area contributed by atoms with Gasteiger partial charge in [-0.15, -0.1) is 0 Å². The fraction of sp³-hybridized carbons (Fsp3) is 0.471. The van der Waals surface area contributed by atoms with Crippen LogP contribution in [0.15, 0.2) is 18.2 Å². The first-order valence-electron chi connectivity index (χ1n) is 7.52. The average molecular weight is 286 g/mol. The molecular weight excluding hydrogens is 264 g/mol. The molecule has 1 heterocycles. The van der Waals surface area contributed by atoms with Gasteiger partial charge >= 0.3 is 6.09 Å². The van der Waals surface area contributed by atoms with Crippen molar-refractivity contribution in [2.75, 3.05) is 5.73 Å². The molecule has 0 saturated carbocycles. The molecule has 1 aromatic carbocycles. The van der Waals surface area contributed by atoms with E-state index in [4.69, 9.17) is 10.5 Å². The number of nitrogens with zero attached hydrogens (tertiary/aromatic N) is 1. The Morgan fingerprint density at radius 1 is 1.24 bits per heavy atom. The number of nitrogen functional groups attached to an aromatic ring is 1. The maximum Gasteiger partial charge on any atom is 0.419 e. The van der Waals surface area contributed by atoms with Crippen LogP contribution in [0.5, 0.6) is 0 Å². The molecule has 2 N–H and O–H groups in total. The van der Waals surface area contributed by atoms with Crippen LogP contribution >= 0.6 is 0 Å². The SMILES string of the molecule is CC(C)(C)OC(=O)n1c2c(c3cc(N)ccc31)CCCC2. The van der Waals surface area contributed by atoms with Crippen molar-refractivity contribution in [2.24, 2.45) is 0 Å². The van der Waals surface area contributed by atoms with Crippen molar-refractivity contribution in [3.05, 3.63) is 29.5 Å². The Morgan fingerprint density at radius 2 is 1.95 bits per heavy atom. The third kappa shape index (κ3) is 2.50. The molecular formula is C17H22N2O2. The molecule has 0 fully saturated rings. The van der Waals surface area contributed by atoms with Crippen LogP contribution in [0.2, 0.25) is 0 Å². The Morgan fingerprint density at radius 3 is 2.67 bits per heavy atom. The number of anilines is 1. The lowest BCUT2D eigenvalue weighted by atomic mass is 9.95. The molecule has 0 bridgehead atoms. The van der Waals surface area contributed by atoms with Crippen LogP contribution < -0.4 is 5.73 Å². The lowest BCUT2D eigenvalue weighted by molar-refractivity contribution is 0.0539. The Hall–Kier alpha value is -1.97. The first kappa shape index (κ1) is 14.0. The monoisotopic (exact) mass is 286 g/mol. The lowest BCUT2D eigenvalue weighted by Crippen LogP contribution is -2.28. The number of fused-ring (bicyclic) bond motifs is 3. The molecule has 0 radical (unpaired) electrons. The van der Waals surface area contributed by atoms with E-state index in [1.54, 1.807) is 4.57 Å². The minimum absolute atomic E-state index is 0.291. The molecule has 1 aliphatic carbocycles. The second kappa shape index (κ2) is 4.79. The summed E-state index contributed by atoms with van der Waals surface area (Å²) in [5.41, 5.74) is 9.42. The Kier molecular flexibility index (Phi) is 3.19. The van der Waals surface area contributed by atoms with E-state index < -0.39 is 5.60 Å². The van der Waals surface area contributed by atoms with Gasteiger partial charge in [0.05, 0.1) is 5.52 Å². The fourth-order valence-electron chi connectivity index (χ4n) is 3.08. The highest BCUT2D eigenvalue weighted by molar-refractivity contribution is 5.95. The van der Waals surface area contributed by atoms with E-state index in [0.717, 1.165) is 48.0 Å². The number of benzene rings is 1. The van der Waals surface area contributed by atoms with E-state index in [1.165, 1.54) is 5.56 Å². The summed E-state index contributed by atoms with van der Waals surface area (Å²) in [5.74, 6) is 0. The van der Waals surface area contributed by atoms with Crippen molar-refractivity contribution in [3.63, 3.8) is 0 Å². The number of carbonyl (C=O) groups excluding carboxylic acids is 1. The Balaban J connectivity index is 2.19. The van der Waals surface area contributed by atoms with Crippen LogP contribution in [0.1, 0.15) is 44.9 Å². The summed E-state index contributed by atoms with van der Waals surface area (Å²) in [6.07, 6.45) is 3.91. The van der Waals surface area contributed by atoms with Gasteiger partial charge in [-0.05, 0) is 70.2 Å². The highest BCUT2D eigenvalue weighted by atomic mass is 16.6. The average Bonchev–Trinajstić information content (AvgIpc) is 2.71. The molecule has 4 nitrogen and oxygen atoms in total. The summed E-state index contributed by atoms with van der Waals surface area (Å²) in [7, 11) is 0. The maximum atomic E-state index is 12.6. The topological polar surface area (TPSA) is 57.2 Å². The molecule has 0 unspecified atom stereocenters. The van der Waals surface area contributed by atoms with Crippen LogP contribution in [0.25, 0.3) is 10.9 Å². The molecule has 1 aromatic heterocycles. The highest BCUT2D eigenvalue weighted by Crippen LogP contribution is 2.33. The number of rotatable bonds is 0. The van der Waals surface area contributed by atoms with Crippen molar-refractivity contribution in [3.8, 4) is 0 Å². The number of nitrogens with two attached hydrogens (primary N) is 1. The largest absolute Gasteiger partial charge is 0.443 e. The molecule has 3 rings (SSSR count). The second-order valence-corrected chi connectivity index (χ2v) is 6.72. The van der Waals surface area contributed by atoms with Crippen molar-refractivity contribution in [2.45, 2.75) is 52.1 Å². The minimum Gasteiger partial charge on any atom is -0.443 e. The molecule has 2 aromatic rings. The Bertz CT molecular complexity index is 708. The first-order valence-corrected chi connectivity index (χ1v) is 7.52. The summed E-state index contributed by atoms with van der Waals surface area (Å²) >= 11 is 0. The van der Waals surface area contributed by atoms with Gasteiger partial charge in [-0.3, -0.25) is 0 Å². The zero-order valence-corrected chi connectivity index (χ0v) is 12.9. The number of carbonyl (C=O) groups is 1. The van der Waals surface area contributed by atoms with Gasteiger partial charge in [0, 0.05) is 16.8 Å². The van der Waals surface area contributed by atoms with Crippen LogP contribution in [0.3, 0.4) is 0 Å².